The van der Waals surface area contributed by atoms with Gasteiger partial charge in [0.1, 0.15) is 11.6 Å². The van der Waals surface area contributed by atoms with Crippen LogP contribution in [0.3, 0.4) is 0 Å². The lowest BCUT2D eigenvalue weighted by Crippen LogP contribution is -2.30. The van der Waals surface area contributed by atoms with E-state index in [0.717, 1.165) is 6.20 Å². The third-order valence-corrected chi connectivity index (χ3v) is 2.66. The second-order valence-electron chi connectivity index (χ2n) is 4.44. The minimum Gasteiger partial charge on any atom is -0.393 e. The zero-order chi connectivity index (χ0) is 14.4. The Morgan fingerprint density at radius 2 is 2.32 bits per heavy atom. The second-order valence-corrected chi connectivity index (χ2v) is 4.44. The lowest BCUT2D eigenvalue weighted by atomic mass is 10.2. The summed E-state index contributed by atoms with van der Waals surface area (Å²) in [6, 6.07) is 1.17. The molecule has 0 aromatic carbocycles. The molecule has 0 fully saturated rings. The molecule has 0 bridgehead atoms. The zero-order valence-electron chi connectivity index (χ0n) is 11.5. The molecule has 5 nitrogen and oxygen atoms in total. The lowest BCUT2D eigenvalue weighted by molar-refractivity contribution is 0.0769. The van der Waals surface area contributed by atoms with Gasteiger partial charge in [-0.15, -0.1) is 0 Å². The number of pyridine rings is 1. The molecule has 19 heavy (non-hydrogen) atoms. The molecule has 106 valence electrons. The molecule has 6 heteroatoms. The molecule has 1 heterocycles. The zero-order valence-corrected chi connectivity index (χ0v) is 11.5. The molecule has 1 rings (SSSR count). The summed E-state index contributed by atoms with van der Waals surface area (Å²) in [4.78, 5) is 17.5. The highest BCUT2D eigenvalue weighted by Crippen LogP contribution is 2.15. The number of carbonyl (C=O) groups is 1. The number of aliphatic hydroxyl groups excluding tert-OH is 1. The molecule has 0 saturated heterocycles. The summed E-state index contributed by atoms with van der Waals surface area (Å²) in [6.45, 7) is 4.53. The van der Waals surface area contributed by atoms with Crippen LogP contribution < -0.4 is 5.32 Å². The number of halogens is 1. The van der Waals surface area contributed by atoms with Crippen molar-refractivity contribution in [2.45, 2.75) is 26.4 Å². The molecular formula is C13H20FN3O2. The average molecular weight is 269 g/mol. The maximum atomic E-state index is 13.2. The van der Waals surface area contributed by atoms with E-state index in [1.165, 1.54) is 11.0 Å². The first-order valence-corrected chi connectivity index (χ1v) is 6.28. The minimum atomic E-state index is -0.547. The molecule has 1 aromatic rings. The van der Waals surface area contributed by atoms with Crippen molar-refractivity contribution in [2.24, 2.45) is 0 Å². The van der Waals surface area contributed by atoms with Gasteiger partial charge in [-0.2, -0.15) is 0 Å². The first-order valence-electron chi connectivity index (χ1n) is 6.28. The summed E-state index contributed by atoms with van der Waals surface area (Å²) in [5, 5.41) is 12.1. The molecule has 1 unspecified atom stereocenters. The topological polar surface area (TPSA) is 65.5 Å². The van der Waals surface area contributed by atoms with Gasteiger partial charge in [-0.25, -0.2) is 9.37 Å². The predicted molar refractivity (Wildman–Crippen MR) is 71.6 cm³/mol. The number of hydrogen-bond donors (Lipinski definition) is 2. The third-order valence-electron chi connectivity index (χ3n) is 2.66. The van der Waals surface area contributed by atoms with Crippen molar-refractivity contribution in [3.63, 3.8) is 0 Å². The third kappa shape index (κ3) is 4.48. The van der Waals surface area contributed by atoms with E-state index in [4.69, 9.17) is 0 Å². The predicted octanol–water partition coefficient (Wildman–Crippen LogP) is 1.50. The molecule has 2 N–H and O–H groups in total. The maximum Gasteiger partial charge on any atom is 0.257 e. The SMILES string of the molecule is CCNc1ncc(F)cc1C(=O)N(C)CCC(C)O. The van der Waals surface area contributed by atoms with E-state index >= 15 is 0 Å². The van der Waals surface area contributed by atoms with Crippen molar-refractivity contribution >= 4 is 11.7 Å². The number of rotatable bonds is 6. The molecule has 1 amide bonds. The Morgan fingerprint density at radius 1 is 1.63 bits per heavy atom. The molecule has 1 aromatic heterocycles. The fourth-order valence-corrected chi connectivity index (χ4v) is 1.60. The van der Waals surface area contributed by atoms with Crippen LogP contribution in [-0.2, 0) is 0 Å². The Kier molecular flexibility index (Phi) is 5.69. The van der Waals surface area contributed by atoms with Gasteiger partial charge >= 0.3 is 0 Å². The number of aromatic nitrogens is 1. The highest BCUT2D eigenvalue weighted by Gasteiger charge is 2.18. The maximum absolute atomic E-state index is 13.2. The van der Waals surface area contributed by atoms with E-state index < -0.39 is 11.9 Å². The number of hydrogen-bond acceptors (Lipinski definition) is 4. The Labute approximate surface area is 112 Å². The lowest BCUT2D eigenvalue weighted by Gasteiger charge is -2.19. The normalized spacial score (nSPS) is 12.1. The van der Waals surface area contributed by atoms with Crippen LogP contribution in [-0.4, -0.2) is 47.1 Å². The van der Waals surface area contributed by atoms with Gasteiger partial charge in [-0.1, -0.05) is 0 Å². The summed E-state index contributed by atoms with van der Waals surface area (Å²) in [7, 11) is 1.62. The van der Waals surface area contributed by atoms with Crippen LogP contribution in [0.5, 0.6) is 0 Å². The molecule has 0 aliphatic carbocycles. The van der Waals surface area contributed by atoms with Gasteiger partial charge in [0.05, 0.1) is 17.9 Å². The van der Waals surface area contributed by atoms with E-state index in [1.807, 2.05) is 6.92 Å². The molecule has 0 saturated carbocycles. The highest BCUT2D eigenvalue weighted by molar-refractivity contribution is 5.98. The van der Waals surface area contributed by atoms with Gasteiger partial charge < -0.3 is 15.3 Å². The van der Waals surface area contributed by atoms with Crippen LogP contribution in [0.15, 0.2) is 12.3 Å². The van der Waals surface area contributed by atoms with Crippen molar-refractivity contribution in [2.75, 3.05) is 25.5 Å². The van der Waals surface area contributed by atoms with Crippen molar-refractivity contribution < 1.29 is 14.3 Å². The largest absolute Gasteiger partial charge is 0.393 e. The first kappa shape index (κ1) is 15.4. The Bertz CT molecular complexity index is 438. The second kappa shape index (κ2) is 7.04. The van der Waals surface area contributed by atoms with Crippen LogP contribution in [0, 0.1) is 5.82 Å². The summed E-state index contributed by atoms with van der Waals surface area (Å²) < 4.78 is 13.2. The molecular weight excluding hydrogens is 249 g/mol. The Balaban J connectivity index is 2.87. The van der Waals surface area contributed by atoms with Crippen molar-refractivity contribution in [3.05, 3.63) is 23.6 Å². The Hall–Kier alpha value is -1.69. The molecule has 0 aliphatic heterocycles. The molecule has 0 spiro atoms. The van der Waals surface area contributed by atoms with Gasteiger partial charge in [0.2, 0.25) is 0 Å². The number of nitrogens with one attached hydrogen (secondary N) is 1. The number of amides is 1. The van der Waals surface area contributed by atoms with E-state index in [-0.39, 0.29) is 11.5 Å². The number of aliphatic hydroxyl groups is 1. The quantitative estimate of drug-likeness (QED) is 0.821. The standard InChI is InChI=1S/C13H20FN3O2/c1-4-15-12-11(7-10(14)8-16-12)13(19)17(3)6-5-9(2)18/h7-9,18H,4-6H2,1-3H3,(H,15,16). The van der Waals surface area contributed by atoms with E-state index in [2.05, 4.69) is 10.3 Å². The van der Waals surface area contributed by atoms with Gasteiger partial charge in [-0.05, 0) is 26.3 Å². The summed E-state index contributed by atoms with van der Waals surface area (Å²) in [5.74, 6) is -0.490. The van der Waals surface area contributed by atoms with Crippen LogP contribution in [0.2, 0.25) is 0 Å². The van der Waals surface area contributed by atoms with Crippen LogP contribution in [0.25, 0.3) is 0 Å². The highest BCUT2D eigenvalue weighted by atomic mass is 19.1. The first-order chi connectivity index (χ1) is 8.95. The number of carbonyl (C=O) groups excluding carboxylic acids is 1. The average Bonchev–Trinajstić information content (AvgIpc) is 2.37. The smallest absolute Gasteiger partial charge is 0.257 e. The van der Waals surface area contributed by atoms with Gasteiger partial charge in [-0.3, -0.25) is 4.79 Å². The minimum absolute atomic E-state index is 0.204. The van der Waals surface area contributed by atoms with Crippen LogP contribution in [0.1, 0.15) is 30.6 Å². The summed E-state index contributed by atoms with van der Waals surface area (Å²) in [6.07, 6.45) is 1.07. The van der Waals surface area contributed by atoms with Crippen LogP contribution >= 0.6 is 0 Å². The monoisotopic (exact) mass is 269 g/mol. The van der Waals surface area contributed by atoms with Gasteiger partial charge in [0, 0.05) is 20.1 Å². The molecule has 0 radical (unpaired) electrons. The van der Waals surface area contributed by atoms with Crippen LogP contribution in [0.4, 0.5) is 10.2 Å². The van der Waals surface area contributed by atoms with Crippen molar-refractivity contribution in [1.29, 1.82) is 0 Å². The number of nitrogens with zero attached hydrogens (tertiary/aromatic N) is 2. The van der Waals surface area contributed by atoms with Gasteiger partial charge in [0.25, 0.3) is 5.91 Å². The van der Waals surface area contributed by atoms with Crippen molar-refractivity contribution in [1.82, 2.24) is 9.88 Å². The fourth-order valence-electron chi connectivity index (χ4n) is 1.60. The van der Waals surface area contributed by atoms with Gasteiger partial charge in [0.15, 0.2) is 0 Å². The number of anilines is 1. The summed E-state index contributed by atoms with van der Waals surface area (Å²) in [5.41, 5.74) is 0.204. The van der Waals surface area contributed by atoms with E-state index in [9.17, 15) is 14.3 Å². The van der Waals surface area contributed by atoms with E-state index in [1.54, 1.807) is 14.0 Å². The molecule has 1 atom stereocenters. The summed E-state index contributed by atoms with van der Waals surface area (Å²) >= 11 is 0. The van der Waals surface area contributed by atoms with E-state index in [0.29, 0.717) is 25.3 Å². The molecule has 0 aliphatic rings. The fraction of sp³-hybridized carbons (Fsp3) is 0.538. The Morgan fingerprint density at radius 3 is 2.89 bits per heavy atom. The van der Waals surface area contributed by atoms with Crippen molar-refractivity contribution in [3.8, 4) is 0 Å².